The van der Waals surface area contributed by atoms with Crippen LogP contribution in [0.3, 0.4) is 0 Å². The first-order valence-corrected chi connectivity index (χ1v) is 9.62. The molecule has 3 aromatic carbocycles. The monoisotopic (exact) mass is 379 g/mol. The van der Waals surface area contributed by atoms with Crippen LogP contribution in [-0.4, -0.2) is 19.3 Å². The van der Waals surface area contributed by atoms with Crippen molar-refractivity contribution in [3.05, 3.63) is 96.1 Å². The standard InChI is InChI=1S/C21H17NO4S/c23-18-13-11-16(12-14-21(24)17-7-3-1-4-8-17)20(15-18)22-27(25,26)19-9-5-2-6-10-19/h1-15,22-23H. The molecule has 3 rings (SSSR count). The summed E-state index contributed by atoms with van der Waals surface area (Å²) in [7, 11) is -3.82. The predicted octanol–water partition coefficient (Wildman–Crippen LogP) is 4.09. The number of anilines is 1. The third-order valence-corrected chi connectivity index (χ3v) is 5.19. The summed E-state index contributed by atoms with van der Waals surface area (Å²) in [6, 6.07) is 20.9. The summed E-state index contributed by atoms with van der Waals surface area (Å²) >= 11 is 0. The van der Waals surface area contributed by atoms with Crippen LogP contribution in [0.4, 0.5) is 5.69 Å². The SMILES string of the molecule is O=C(C=Cc1ccc(O)cc1NS(=O)(=O)c1ccccc1)c1ccccc1. The van der Waals surface area contributed by atoms with Gasteiger partial charge in [0.05, 0.1) is 10.6 Å². The molecule has 0 spiro atoms. The number of hydrogen-bond acceptors (Lipinski definition) is 4. The van der Waals surface area contributed by atoms with Crippen molar-refractivity contribution in [3.63, 3.8) is 0 Å². The maximum Gasteiger partial charge on any atom is 0.261 e. The van der Waals surface area contributed by atoms with Gasteiger partial charge in [0.1, 0.15) is 5.75 Å². The molecule has 0 saturated heterocycles. The Morgan fingerprint density at radius 3 is 2.19 bits per heavy atom. The Balaban J connectivity index is 1.90. The zero-order valence-corrected chi connectivity index (χ0v) is 15.1. The van der Waals surface area contributed by atoms with Crippen LogP contribution in [0.25, 0.3) is 6.08 Å². The van der Waals surface area contributed by atoms with Crippen molar-refractivity contribution in [2.45, 2.75) is 4.90 Å². The van der Waals surface area contributed by atoms with Crippen LogP contribution in [0.5, 0.6) is 5.75 Å². The number of phenols is 1. The minimum absolute atomic E-state index is 0.0905. The fraction of sp³-hybridized carbons (Fsp3) is 0. The second-order valence-electron chi connectivity index (χ2n) is 5.75. The first-order chi connectivity index (χ1) is 13.0. The largest absolute Gasteiger partial charge is 0.508 e. The number of sulfonamides is 1. The van der Waals surface area contributed by atoms with E-state index in [0.717, 1.165) is 0 Å². The maximum atomic E-state index is 12.5. The van der Waals surface area contributed by atoms with Gasteiger partial charge in [0.2, 0.25) is 0 Å². The van der Waals surface area contributed by atoms with Gasteiger partial charge in [0.15, 0.2) is 5.78 Å². The molecule has 0 unspecified atom stereocenters. The molecule has 0 saturated carbocycles. The molecule has 0 aliphatic heterocycles. The van der Waals surface area contributed by atoms with Crippen LogP contribution in [0.2, 0.25) is 0 Å². The Kier molecular flexibility index (Phi) is 5.38. The van der Waals surface area contributed by atoms with E-state index in [1.807, 2.05) is 6.07 Å². The average Bonchev–Trinajstić information content (AvgIpc) is 2.68. The van der Waals surface area contributed by atoms with Crippen molar-refractivity contribution < 1.29 is 18.3 Å². The van der Waals surface area contributed by atoms with Gasteiger partial charge in [-0.05, 0) is 42.0 Å². The molecule has 3 aromatic rings. The van der Waals surface area contributed by atoms with Crippen molar-refractivity contribution in [2.24, 2.45) is 0 Å². The molecular weight excluding hydrogens is 362 g/mol. The molecule has 0 atom stereocenters. The molecule has 0 bridgehead atoms. The lowest BCUT2D eigenvalue weighted by molar-refractivity contribution is 0.104. The van der Waals surface area contributed by atoms with Crippen LogP contribution in [-0.2, 0) is 10.0 Å². The molecule has 2 N–H and O–H groups in total. The van der Waals surface area contributed by atoms with Gasteiger partial charge >= 0.3 is 0 Å². The molecule has 0 aliphatic rings. The van der Waals surface area contributed by atoms with Crippen LogP contribution < -0.4 is 4.72 Å². The molecule has 0 amide bonds. The summed E-state index contributed by atoms with van der Waals surface area (Å²) in [5.41, 5.74) is 1.16. The van der Waals surface area contributed by atoms with E-state index in [4.69, 9.17) is 0 Å². The Bertz CT molecular complexity index is 1080. The number of hydrogen-bond donors (Lipinski definition) is 2. The van der Waals surface area contributed by atoms with Gasteiger partial charge in [-0.3, -0.25) is 9.52 Å². The normalized spacial score (nSPS) is 11.4. The Morgan fingerprint density at radius 1 is 0.889 bits per heavy atom. The molecule has 136 valence electrons. The van der Waals surface area contributed by atoms with E-state index in [-0.39, 0.29) is 22.1 Å². The van der Waals surface area contributed by atoms with Gasteiger partial charge in [-0.1, -0.05) is 48.5 Å². The van der Waals surface area contributed by atoms with Gasteiger partial charge < -0.3 is 5.11 Å². The van der Waals surface area contributed by atoms with Crippen LogP contribution in [0, 0.1) is 0 Å². The fourth-order valence-electron chi connectivity index (χ4n) is 2.45. The van der Waals surface area contributed by atoms with Gasteiger partial charge in [-0.25, -0.2) is 8.42 Å². The van der Waals surface area contributed by atoms with E-state index < -0.39 is 10.0 Å². The molecule has 0 heterocycles. The first-order valence-electron chi connectivity index (χ1n) is 8.14. The highest BCUT2D eigenvalue weighted by Gasteiger charge is 2.15. The molecule has 0 aliphatic carbocycles. The van der Waals surface area contributed by atoms with E-state index in [1.165, 1.54) is 42.5 Å². The third-order valence-electron chi connectivity index (χ3n) is 3.81. The molecular formula is C21H17NO4S. The molecule has 0 aromatic heterocycles. The summed E-state index contributed by atoms with van der Waals surface area (Å²) in [6.07, 6.45) is 2.87. The predicted molar refractivity (Wildman–Crippen MR) is 105 cm³/mol. The Hall–Kier alpha value is -3.38. The summed E-state index contributed by atoms with van der Waals surface area (Å²) in [5.74, 6) is -0.298. The highest BCUT2D eigenvalue weighted by molar-refractivity contribution is 7.92. The van der Waals surface area contributed by atoms with E-state index in [0.29, 0.717) is 11.1 Å². The van der Waals surface area contributed by atoms with E-state index >= 15 is 0 Å². The number of allylic oxidation sites excluding steroid dienone is 1. The summed E-state index contributed by atoms with van der Waals surface area (Å²) < 4.78 is 27.5. The number of carbonyl (C=O) groups is 1. The van der Waals surface area contributed by atoms with Crippen LogP contribution in [0.1, 0.15) is 15.9 Å². The van der Waals surface area contributed by atoms with E-state index in [9.17, 15) is 18.3 Å². The highest BCUT2D eigenvalue weighted by Crippen LogP contribution is 2.26. The van der Waals surface area contributed by atoms with Gasteiger partial charge in [0, 0.05) is 11.6 Å². The Morgan fingerprint density at radius 2 is 1.52 bits per heavy atom. The number of phenolic OH excluding ortho intramolecular Hbond substituents is 1. The van der Waals surface area contributed by atoms with Crippen LogP contribution in [0.15, 0.2) is 89.8 Å². The first kappa shape index (κ1) is 18.4. The number of benzene rings is 3. The second kappa shape index (κ2) is 7.88. The number of rotatable bonds is 6. The summed E-state index contributed by atoms with van der Waals surface area (Å²) in [6.45, 7) is 0. The zero-order chi connectivity index (χ0) is 19.3. The van der Waals surface area contributed by atoms with Crippen molar-refractivity contribution in [1.82, 2.24) is 0 Å². The van der Waals surface area contributed by atoms with Crippen LogP contribution >= 0.6 is 0 Å². The fourth-order valence-corrected chi connectivity index (χ4v) is 3.55. The molecule has 0 fully saturated rings. The van der Waals surface area contributed by atoms with Crippen molar-refractivity contribution in [3.8, 4) is 5.75 Å². The van der Waals surface area contributed by atoms with E-state index in [2.05, 4.69) is 4.72 Å². The number of aromatic hydroxyl groups is 1. The van der Waals surface area contributed by atoms with Gasteiger partial charge in [-0.2, -0.15) is 0 Å². The summed E-state index contributed by atoms with van der Waals surface area (Å²) in [5, 5.41) is 9.73. The molecule has 5 nitrogen and oxygen atoms in total. The molecule has 27 heavy (non-hydrogen) atoms. The van der Waals surface area contributed by atoms with Crippen molar-refractivity contribution in [1.29, 1.82) is 0 Å². The number of nitrogens with one attached hydrogen (secondary N) is 1. The smallest absolute Gasteiger partial charge is 0.261 e. The molecule has 6 heteroatoms. The zero-order valence-electron chi connectivity index (χ0n) is 14.2. The lowest BCUT2D eigenvalue weighted by atomic mass is 10.1. The summed E-state index contributed by atoms with van der Waals surface area (Å²) in [4.78, 5) is 12.3. The average molecular weight is 379 g/mol. The molecule has 0 radical (unpaired) electrons. The second-order valence-corrected chi connectivity index (χ2v) is 7.44. The van der Waals surface area contributed by atoms with E-state index in [1.54, 1.807) is 42.5 Å². The minimum atomic E-state index is -3.82. The maximum absolute atomic E-state index is 12.5. The number of ketones is 1. The Labute approximate surface area is 157 Å². The highest BCUT2D eigenvalue weighted by atomic mass is 32.2. The lowest BCUT2D eigenvalue weighted by Crippen LogP contribution is -2.13. The lowest BCUT2D eigenvalue weighted by Gasteiger charge is -2.11. The van der Waals surface area contributed by atoms with Crippen molar-refractivity contribution in [2.75, 3.05) is 4.72 Å². The van der Waals surface area contributed by atoms with Gasteiger partial charge in [-0.15, -0.1) is 0 Å². The number of carbonyl (C=O) groups excluding carboxylic acids is 1. The topological polar surface area (TPSA) is 83.5 Å². The van der Waals surface area contributed by atoms with Gasteiger partial charge in [0.25, 0.3) is 10.0 Å². The quantitative estimate of drug-likeness (QED) is 0.499. The van der Waals surface area contributed by atoms with Crippen molar-refractivity contribution >= 4 is 27.6 Å². The minimum Gasteiger partial charge on any atom is -0.508 e. The third kappa shape index (κ3) is 4.62.